The summed E-state index contributed by atoms with van der Waals surface area (Å²) in [5.41, 5.74) is 1.49. The topological polar surface area (TPSA) is 116 Å². The van der Waals surface area contributed by atoms with Crippen LogP contribution in [0.3, 0.4) is 0 Å². The first-order valence-corrected chi connectivity index (χ1v) is 8.93. The maximum Gasteiger partial charge on any atom is 0.339 e. The fourth-order valence-corrected chi connectivity index (χ4v) is 2.57. The summed E-state index contributed by atoms with van der Waals surface area (Å²) in [4.78, 5) is 24.2. The van der Waals surface area contributed by atoms with E-state index >= 15 is 0 Å². The number of primary sulfonamides is 1. The summed E-state index contributed by atoms with van der Waals surface area (Å²) in [6, 6.07) is 12.2. The number of amides is 1. The molecule has 0 aromatic heterocycles. The summed E-state index contributed by atoms with van der Waals surface area (Å²) in [6.07, 6.45) is -1.02. The van der Waals surface area contributed by atoms with E-state index in [0.717, 1.165) is 5.56 Å². The van der Waals surface area contributed by atoms with Crippen LogP contribution in [0.2, 0.25) is 0 Å². The van der Waals surface area contributed by atoms with E-state index in [1.807, 2.05) is 0 Å². The number of aryl methyl sites for hydroxylation is 1. The number of benzene rings is 2. The summed E-state index contributed by atoms with van der Waals surface area (Å²) in [6.45, 7) is 3.22. The fourth-order valence-electron chi connectivity index (χ4n) is 2.05. The smallest absolute Gasteiger partial charge is 0.339 e. The van der Waals surface area contributed by atoms with Crippen LogP contribution in [-0.2, 0) is 19.6 Å². The Morgan fingerprint density at radius 2 is 1.68 bits per heavy atom. The quantitative estimate of drug-likeness (QED) is 0.787. The number of nitrogens with one attached hydrogen (secondary N) is 1. The largest absolute Gasteiger partial charge is 0.449 e. The van der Waals surface area contributed by atoms with Crippen LogP contribution >= 0.6 is 0 Å². The van der Waals surface area contributed by atoms with Gasteiger partial charge in [0.05, 0.1) is 10.5 Å². The number of ether oxygens (including phenoxy) is 1. The van der Waals surface area contributed by atoms with Crippen LogP contribution in [0.4, 0.5) is 5.69 Å². The average Bonchev–Trinajstić information content (AvgIpc) is 2.54. The SMILES string of the molecule is Cc1ccccc1C(=O)O[C@H](C)C(=O)Nc1ccc(S(N)(=O)=O)cc1. The molecule has 2 rings (SSSR count). The third-order valence-corrected chi connectivity index (χ3v) is 4.40. The van der Waals surface area contributed by atoms with Gasteiger partial charge in [0.25, 0.3) is 5.91 Å². The Labute approximate surface area is 145 Å². The molecule has 3 N–H and O–H groups in total. The van der Waals surface area contributed by atoms with Crippen molar-refractivity contribution in [2.24, 2.45) is 5.14 Å². The second-order valence-corrected chi connectivity index (χ2v) is 6.98. The zero-order chi connectivity index (χ0) is 18.6. The number of esters is 1. The van der Waals surface area contributed by atoms with Gasteiger partial charge >= 0.3 is 5.97 Å². The molecule has 0 bridgehead atoms. The van der Waals surface area contributed by atoms with E-state index in [9.17, 15) is 18.0 Å². The Balaban J connectivity index is 2.01. The molecular weight excluding hydrogens is 344 g/mol. The number of rotatable bonds is 5. The molecule has 0 aliphatic heterocycles. The molecule has 8 heteroatoms. The highest BCUT2D eigenvalue weighted by molar-refractivity contribution is 7.89. The van der Waals surface area contributed by atoms with Crippen molar-refractivity contribution in [3.63, 3.8) is 0 Å². The lowest BCUT2D eigenvalue weighted by Crippen LogP contribution is -2.30. The minimum absolute atomic E-state index is 0.0653. The molecule has 0 unspecified atom stereocenters. The fraction of sp³-hybridized carbons (Fsp3) is 0.176. The maximum atomic E-state index is 12.1. The number of hydrogen-bond donors (Lipinski definition) is 2. The van der Waals surface area contributed by atoms with E-state index in [-0.39, 0.29) is 4.90 Å². The molecular formula is C17H18N2O5S. The molecule has 7 nitrogen and oxygen atoms in total. The molecule has 1 amide bonds. The van der Waals surface area contributed by atoms with Crippen LogP contribution in [0, 0.1) is 6.92 Å². The molecule has 0 aliphatic rings. The van der Waals surface area contributed by atoms with E-state index in [0.29, 0.717) is 11.3 Å². The summed E-state index contributed by atoms with van der Waals surface area (Å²) in [7, 11) is -3.80. The summed E-state index contributed by atoms with van der Waals surface area (Å²) in [5, 5.41) is 7.55. The first-order valence-electron chi connectivity index (χ1n) is 7.39. The Hall–Kier alpha value is -2.71. The third kappa shape index (κ3) is 4.88. The van der Waals surface area contributed by atoms with Gasteiger partial charge in [-0.1, -0.05) is 18.2 Å². The maximum absolute atomic E-state index is 12.1. The number of sulfonamides is 1. The molecule has 2 aromatic rings. The molecule has 0 fully saturated rings. The first kappa shape index (κ1) is 18.6. The molecule has 1 atom stereocenters. The van der Waals surface area contributed by atoms with Crippen molar-refractivity contribution in [3.05, 3.63) is 59.7 Å². The third-order valence-electron chi connectivity index (χ3n) is 3.47. The van der Waals surface area contributed by atoms with Gasteiger partial charge in [-0.05, 0) is 49.7 Å². The predicted molar refractivity (Wildman–Crippen MR) is 92.5 cm³/mol. The van der Waals surface area contributed by atoms with Crippen molar-refractivity contribution in [3.8, 4) is 0 Å². The molecule has 2 aromatic carbocycles. The molecule has 0 saturated carbocycles. The van der Waals surface area contributed by atoms with Crippen LogP contribution in [0.5, 0.6) is 0 Å². The van der Waals surface area contributed by atoms with Gasteiger partial charge in [0.15, 0.2) is 6.10 Å². The normalized spacial score (nSPS) is 12.3. The highest BCUT2D eigenvalue weighted by Crippen LogP contribution is 2.14. The van der Waals surface area contributed by atoms with Gasteiger partial charge in [-0.2, -0.15) is 0 Å². The molecule has 0 spiro atoms. The highest BCUT2D eigenvalue weighted by atomic mass is 32.2. The van der Waals surface area contributed by atoms with E-state index < -0.39 is 28.0 Å². The minimum Gasteiger partial charge on any atom is -0.449 e. The van der Waals surface area contributed by atoms with E-state index in [2.05, 4.69) is 5.32 Å². The van der Waals surface area contributed by atoms with E-state index in [1.165, 1.54) is 31.2 Å². The van der Waals surface area contributed by atoms with Crippen LogP contribution in [0.25, 0.3) is 0 Å². The number of hydrogen-bond acceptors (Lipinski definition) is 5. The van der Waals surface area contributed by atoms with Gasteiger partial charge in [0, 0.05) is 5.69 Å². The van der Waals surface area contributed by atoms with E-state index in [1.54, 1.807) is 31.2 Å². The Morgan fingerprint density at radius 1 is 1.08 bits per heavy atom. The molecule has 0 aliphatic carbocycles. The van der Waals surface area contributed by atoms with Crippen molar-refractivity contribution in [2.75, 3.05) is 5.32 Å². The number of nitrogens with two attached hydrogens (primary N) is 1. The zero-order valence-electron chi connectivity index (χ0n) is 13.7. The van der Waals surface area contributed by atoms with E-state index in [4.69, 9.17) is 9.88 Å². The van der Waals surface area contributed by atoms with Gasteiger partial charge in [0.1, 0.15) is 0 Å². The standard InChI is InChI=1S/C17H18N2O5S/c1-11-5-3-4-6-15(11)17(21)24-12(2)16(20)19-13-7-9-14(10-8-13)25(18,22)23/h3-10,12H,1-2H3,(H,19,20)(H2,18,22,23)/t12-/m1/s1. The first-order chi connectivity index (χ1) is 11.7. The lowest BCUT2D eigenvalue weighted by molar-refractivity contribution is -0.123. The Kier molecular flexibility index (Phi) is 5.55. The lowest BCUT2D eigenvalue weighted by atomic mass is 10.1. The van der Waals surface area contributed by atoms with Gasteiger partial charge in [-0.3, -0.25) is 4.79 Å². The van der Waals surface area contributed by atoms with Gasteiger partial charge < -0.3 is 10.1 Å². The van der Waals surface area contributed by atoms with Crippen molar-refractivity contribution in [1.29, 1.82) is 0 Å². The Bertz CT molecular complexity index is 892. The minimum atomic E-state index is -3.80. The monoisotopic (exact) mass is 362 g/mol. The van der Waals surface area contributed by atoms with Crippen LogP contribution < -0.4 is 10.5 Å². The molecule has 132 valence electrons. The lowest BCUT2D eigenvalue weighted by Gasteiger charge is -2.14. The Morgan fingerprint density at radius 3 is 2.24 bits per heavy atom. The number of carbonyl (C=O) groups is 2. The highest BCUT2D eigenvalue weighted by Gasteiger charge is 2.20. The van der Waals surface area contributed by atoms with Gasteiger partial charge in [0.2, 0.25) is 10.0 Å². The van der Waals surface area contributed by atoms with Crippen molar-refractivity contribution < 1.29 is 22.7 Å². The van der Waals surface area contributed by atoms with Crippen molar-refractivity contribution in [1.82, 2.24) is 0 Å². The van der Waals surface area contributed by atoms with Crippen LogP contribution in [-0.4, -0.2) is 26.4 Å². The van der Waals surface area contributed by atoms with Gasteiger partial charge in [-0.25, -0.2) is 18.4 Å². The van der Waals surface area contributed by atoms with Crippen molar-refractivity contribution >= 4 is 27.6 Å². The predicted octanol–water partition coefficient (Wildman–Crippen LogP) is 1.83. The summed E-state index contributed by atoms with van der Waals surface area (Å²) >= 11 is 0. The second-order valence-electron chi connectivity index (χ2n) is 5.42. The molecule has 0 heterocycles. The summed E-state index contributed by atoms with van der Waals surface area (Å²) in [5.74, 6) is -1.13. The zero-order valence-corrected chi connectivity index (χ0v) is 14.5. The second kappa shape index (κ2) is 7.45. The van der Waals surface area contributed by atoms with Crippen molar-refractivity contribution in [2.45, 2.75) is 24.8 Å². The van der Waals surface area contributed by atoms with Gasteiger partial charge in [-0.15, -0.1) is 0 Å². The summed E-state index contributed by atoms with van der Waals surface area (Å²) < 4.78 is 27.5. The number of carbonyl (C=O) groups excluding carboxylic acids is 2. The van der Waals surface area contributed by atoms with Crippen LogP contribution in [0.1, 0.15) is 22.8 Å². The molecule has 0 radical (unpaired) electrons. The average molecular weight is 362 g/mol. The molecule has 0 saturated heterocycles. The van der Waals surface area contributed by atoms with Crippen LogP contribution in [0.15, 0.2) is 53.4 Å². The molecule has 25 heavy (non-hydrogen) atoms. The number of anilines is 1.